The number of H-pyrrole nitrogens is 1. The largest absolute Gasteiger partial charge is 0.432 e. The van der Waals surface area contributed by atoms with Gasteiger partial charge in [-0.05, 0) is 35.3 Å². The van der Waals surface area contributed by atoms with Crippen LogP contribution in [-0.2, 0) is 5.41 Å². The van der Waals surface area contributed by atoms with E-state index < -0.39 is 6.10 Å². The average molecular weight is 292 g/mol. The van der Waals surface area contributed by atoms with E-state index >= 15 is 0 Å². The van der Waals surface area contributed by atoms with E-state index in [-0.39, 0.29) is 10.3 Å². The zero-order chi connectivity index (χ0) is 14.8. The van der Waals surface area contributed by atoms with Gasteiger partial charge >= 0.3 is 0 Å². The molecule has 2 aromatic rings. The highest BCUT2D eigenvalue weighted by molar-refractivity contribution is 7.71. The first-order valence-electron chi connectivity index (χ1n) is 6.57. The Morgan fingerprint density at radius 1 is 1.40 bits per heavy atom. The van der Waals surface area contributed by atoms with E-state index in [2.05, 4.69) is 43.2 Å². The van der Waals surface area contributed by atoms with Crippen molar-refractivity contribution in [3.05, 3.63) is 46.6 Å². The first-order valence-corrected chi connectivity index (χ1v) is 6.98. The molecule has 1 aromatic carbocycles. The van der Waals surface area contributed by atoms with E-state index in [0.717, 1.165) is 5.69 Å². The van der Waals surface area contributed by atoms with Gasteiger partial charge in [0.25, 0.3) is 4.84 Å². The number of nitrogens with one attached hydrogen (secondary N) is 2. The summed E-state index contributed by atoms with van der Waals surface area (Å²) < 4.78 is 5.18. The highest BCUT2D eigenvalue weighted by Crippen LogP contribution is 2.25. The molecule has 1 atom stereocenters. The average Bonchev–Trinajstić information content (AvgIpc) is 2.82. The molecule has 0 aliphatic carbocycles. The Morgan fingerprint density at radius 2 is 2.15 bits per heavy atom. The molecule has 0 aliphatic rings. The summed E-state index contributed by atoms with van der Waals surface area (Å²) in [6.07, 6.45) is 0.849. The predicted molar refractivity (Wildman–Crippen MR) is 82.5 cm³/mol. The molecule has 0 radical (unpaired) electrons. The molecule has 0 bridgehead atoms. The van der Waals surface area contributed by atoms with Gasteiger partial charge in [0, 0.05) is 18.4 Å². The summed E-state index contributed by atoms with van der Waals surface area (Å²) in [6, 6.07) is 8.19. The van der Waals surface area contributed by atoms with Gasteiger partial charge < -0.3 is 19.8 Å². The number of aromatic nitrogens is 1. The van der Waals surface area contributed by atoms with E-state index in [9.17, 15) is 5.11 Å². The lowest BCUT2D eigenvalue weighted by atomic mass is 9.87. The third-order valence-corrected chi connectivity index (χ3v) is 3.30. The van der Waals surface area contributed by atoms with E-state index in [4.69, 9.17) is 16.6 Å². The lowest BCUT2D eigenvalue weighted by molar-refractivity contribution is 0.161. The van der Waals surface area contributed by atoms with Gasteiger partial charge in [-0.3, -0.25) is 0 Å². The van der Waals surface area contributed by atoms with Crippen LogP contribution < -0.4 is 5.32 Å². The topological polar surface area (TPSA) is 61.2 Å². The van der Waals surface area contributed by atoms with Crippen molar-refractivity contribution in [1.82, 2.24) is 4.98 Å². The number of benzene rings is 1. The zero-order valence-electron chi connectivity index (χ0n) is 11.9. The highest BCUT2D eigenvalue weighted by Gasteiger charge is 2.14. The maximum absolute atomic E-state index is 10.0. The molecule has 0 saturated carbocycles. The van der Waals surface area contributed by atoms with Crippen molar-refractivity contribution >= 4 is 17.9 Å². The summed E-state index contributed by atoms with van der Waals surface area (Å²) >= 11 is 4.83. The molecule has 0 saturated heterocycles. The first kappa shape index (κ1) is 14.8. The third kappa shape index (κ3) is 3.71. The molecule has 3 N–H and O–H groups in total. The maximum atomic E-state index is 10.0. The van der Waals surface area contributed by atoms with Crippen LogP contribution in [0, 0.1) is 4.84 Å². The van der Waals surface area contributed by atoms with E-state index in [1.807, 2.05) is 12.1 Å². The minimum Gasteiger partial charge on any atom is -0.432 e. The second-order valence-corrected chi connectivity index (χ2v) is 6.18. The van der Waals surface area contributed by atoms with Crippen LogP contribution in [-0.4, -0.2) is 16.6 Å². The van der Waals surface area contributed by atoms with Crippen molar-refractivity contribution in [3.8, 4) is 0 Å². The van der Waals surface area contributed by atoms with Gasteiger partial charge in [0.2, 0.25) is 0 Å². The molecule has 0 amide bonds. The fourth-order valence-corrected chi connectivity index (χ4v) is 2.03. The van der Waals surface area contributed by atoms with Crippen molar-refractivity contribution in [2.24, 2.45) is 0 Å². The third-order valence-electron chi connectivity index (χ3n) is 3.10. The second-order valence-electron chi connectivity index (χ2n) is 5.81. The van der Waals surface area contributed by atoms with Gasteiger partial charge in [-0.1, -0.05) is 32.9 Å². The van der Waals surface area contributed by atoms with Gasteiger partial charge in [-0.25, -0.2) is 0 Å². The predicted octanol–water partition coefficient (Wildman–Crippen LogP) is 3.78. The number of rotatable bonds is 4. The van der Waals surface area contributed by atoms with Gasteiger partial charge in [0.1, 0.15) is 6.10 Å². The minimum atomic E-state index is -0.735. The van der Waals surface area contributed by atoms with Crippen molar-refractivity contribution in [1.29, 1.82) is 0 Å². The Labute approximate surface area is 123 Å². The normalized spacial score (nSPS) is 13.2. The number of aliphatic hydroxyl groups excluding tert-OH is 1. The monoisotopic (exact) mass is 292 g/mol. The molecule has 0 fully saturated rings. The summed E-state index contributed by atoms with van der Waals surface area (Å²) in [5.41, 5.74) is 2.32. The summed E-state index contributed by atoms with van der Waals surface area (Å²) in [7, 11) is 0. The molecular weight excluding hydrogens is 272 g/mol. The Morgan fingerprint density at radius 3 is 2.75 bits per heavy atom. The fourth-order valence-electron chi connectivity index (χ4n) is 1.87. The van der Waals surface area contributed by atoms with Crippen LogP contribution in [0.1, 0.15) is 38.2 Å². The van der Waals surface area contributed by atoms with Crippen LogP contribution in [0.5, 0.6) is 0 Å². The Bertz CT molecular complexity index is 625. The van der Waals surface area contributed by atoms with Crippen LogP contribution in [0.4, 0.5) is 5.69 Å². The van der Waals surface area contributed by atoms with Crippen molar-refractivity contribution in [3.63, 3.8) is 0 Å². The second kappa shape index (κ2) is 5.81. The van der Waals surface area contributed by atoms with Crippen molar-refractivity contribution in [2.75, 3.05) is 11.9 Å². The van der Waals surface area contributed by atoms with Crippen LogP contribution in [0.2, 0.25) is 0 Å². The molecule has 5 heteroatoms. The highest BCUT2D eigenvalue weighted by atomic mass is 32.1. The van der Waals surface area contributed by atoms with Crippen molar-refractivity contribution < 1.29 is 9.52 Å². The number of hydrogen-bond acceptors (Lipinski definition) is 4. The summed E-state index contributed by atoms with van der Waals surface area (Å²) in [6.45, 7) is 6.88. The quantitative estimate of drug-likeness (QED) is 0.751. The van der Waals surface area contributed by atoms with Crippen LogP contribution in [0.3, 0.4) is 0 Å². The molecule has 0 spiro atoms. The number of hydrogen-bond donors (Lipinski definition) is 3. The van der Waals surface area contributed by atoms with E-state index in [0.29, 0.717) is 12.3 Å². The molecule has 1 unspecified atom stereocenters. The van der Waals surface area contributed by atoms with Gasteiger partial charge in [-0.2, -0.15) is 0 Å². The standard InChI is InChI=1S/C15H20N2O2S/c1-15(2,3)10-5-4-6-11(7-10)16-8-12(18)13-9-17-14(20)19-13/h4-7,9,12,16,18H,8H2,1-3H3,(H,17,20). The lowest BCUT2D eigenvalue weighted by Crippen LogP contribution is -2.14. The first-order chi connectivity index (χ1) is 9.36. The maximum Gasteiger partial charge on any atom is 0.266 e. The molecule has 4 nitrogen and oxygen atoms in total. The molecule has 1 aromatic heterocycles. The smallest absolute Gasteiger partial charge is 0.266 e. The van der Waals surface area contributed by atoms with Crippen LogP contribution in [0.25, 0.3) is 0 Å². The Hall–Kier alpha value is -1.59. The molecule has 2 rings (SSSR count). The van der Waals surface area contributed by atoms with Gasteiger partial charge in [0.05, 0.1) is 0 Å². The summed E-state index contributed by atoms with van der Waals surface area (Å²) in [5.74, 6) is 0.439. The van der Waals surface area contributed by atoms with Crippen molar-refractivity contribution in [2.45, 2.75) is 32.3 Å². The number of anilines is 1. The van der Waals surface area contributed by atoms with E-state index in [1.165, 1.54) is 5.56 Å². The SMILES string of the molecule is CC(C)(C)c1cccc(NCC(O)c2c[nH]c(=S)o2)c1. The molecule has 1 heterocycles. The molecule has 0 aliphatic heterocycles. The van der Waals surface area contributed by atoms with Gasteiger partial charge in [0.15, 0.2) is 5.76 Å². The number of aliphatic hydroxyl groups is 1. The number of oxazole rings is 1. The Kier molecular flexibility index (Phi) is 4.30. The van der Waals surface area contributed by atoms with Crippen LogP contribution >= 0.6 is 12.2 Å². The number of aromatic amines is 1. The zero-order valence-corrected chi connectivity index (χ0v) is 12.8. The van der Waals surface area contributed by atoms with E-state index in [1.54, 1.807) is 6.20 Å². The Balaban J connectivity index is 2.02. The fraction of sp³-hybridized carbons (Fsp3) is 0.400. The van der Waals surface area contributed by atoms with Gasteiger partial charge in [-0.15, -0.1) is 0 Å². The molecular formula is C15H20N2O2S. The minimum absolute atomic E-state index is 0.101. The lowest BCUT2D eigenvalue weighted by Gasteiger charge is -2.20. The summed E-state index contributed by atoms with van der Waals surface area (Å²) in [4.78, 5) is 3.01. The van der Waals surface area contributed by atoms with Crippen LogP contribution in [0.15, 0.2) is 34.9 Å². The molecule has 108 valence electrons. The summed E-state index contributed by atoms with van der Waals surface area (Å²) in [5, 5.41) is 13.2. The molecule has 20 heavy (non-hydrogen) atoms.